The van der Waals surface area contributed by atoms with Crippen LogP contribution in [0.25, 0.3) is 0 Å². The van der Waals surface area contributed by atoms with E-state index in [0.717, 1.165) is 13.0 Å². The molecule has 0 radical (unpaired) electrons. The molecule has 0 aromatic heterocycles. The first-order valence-corrected chi connectivity index (χ1v) is 8.05. The van der Waals surface area contributed by atoms with E-state index in [0.29, 0.717) is 6.23 Å². The summed E-state index contributed by atoms with van der Waals surface area (Å²) in [4.78, 5) is 0. The summed E-state index contributed by atoms with van der Waals surface area (Å²) in [6.07, 6.45) is 1.54. The highest BCUT2D eigenvalue weighted by Crippen LogP contribution is 2.25. The molecule has 0 aliphatic rings. The van der Waals surface area contributed by atoms with Crippen molar-refractivity contribution in [2.45, 2.75) is 39.4 Å². The van der Waals surface area contributed by atoms with Crippen molar-refractivity contribution in [1.29, 1.82) is 0 Å². The van der Waals surface area contributed by atoms with Crippen LogP contribution in [0.3, 0.4) is 0 Å². The minimum absolute atomic E-state index is 0.249. The van der Waals surface area contributed by atoms with Gasteiger partial charge in [0.05, 0.1) is 8.07 Å². The van der Waals surface area contributed by atoms with Gasteiger partial charge >= 0.3 is 0 Å². The zero-order valence-corrected chi connectivity index (χ0v) is 9.85. The van der Waals surface area contributed by atoms with E-state index in [4.69, 9.17) is 10.8 Å². The quantitative estimate of drug-likeness (QED) is 0.645. The minimum Gasteiger partial charge on any atom is -0.400 e. The van der Waals surface area contributed by atoms with E-state index in [1.807, 2.05) is 0 Å². The maximum absolute atomic E-state index is 9.09. The molecule has 2 nitrogen and oxygen atoms in total. The summed E-state index contributed by atoms with van der Waals surface area (Å²) in [5, 5.41) is 9.09. The van der Waals surface area contributed by atoms with Gasteiger partial charge < -0.3 is 10.8 Å². The van der Waals surface area contributed by atoms with E-state index in [9.17, 15) is 0 Å². The lowest BCUT2D eigenvalue weighted by atomic mass is 9.91. The van der Waals surface area contributed by atoms with Crippen molar-refractivity contribution < 1.29 is 5.11 Å². The molecule has 0 bridgehead atoms. The Bertz CT molecular complexity index is 118. The predicted molar refractivity (Wildman–Crippen MR) is 56.8 cm³/mol. The molecule has 0 aliphatic heterocycles. The van der Waals surface area contributed by atoms with Gasteiger partial charge in [0.25, 0.3) is 0 Å². The molecule has 0 amide bonds. The van der Waals surface area contributed by atoms with Gasteiger partial charge in [-0.1, -0.05) is 33.0 Å². The third-order valence-electron chi connectivity index (χ3n) is 2.46. The SMILES string of the molecule is CC(C)(CN)CC[Si](C)(C)CO. The molecule has 0 saturated carbocycles. The molecule has 0 spiro atoms. The van der Waals surface area contributed by atoms with Crippen molar-refractivity contribution in [1.82, 2.24) is 0 Å². The summed E-state index contributed by atoms with van der Waals surface area (Å²) in [6.45, 7) is 9.56. The van der Waals surface area contributed by atoms with Crippen molar-refractivity contribution in [3.05, 3.63) is 0 Å². The van der Waals surface area contributed by atoms with Crippen LogP contribution in [0.15, 0.2) is 0 Å². The first-order valence-electron chi connectivity index (χ1n) is 4.64. The molecule has 0 unspecified atom stereocenters. The van der Waals surface area contributed by atoms with Gasteiger partial charge in [0.1, 0.15) is 0 Å². The standard InChI is InChI=1S/C9H23NOSi/c1-9(2,7-10)5-6-12(3,4)8-11/h11H,5-8,10H2,1-4H3. The van der Waals surface area contributed by atoms with E-state index >= 15 is 0 Å². The van der Waals surface area contributed by atoms with Crippen LogP contribution in [0.4, 0.5) is 0 Å². The molecular weight excluding hydrogens is 166 g/mol. The van der Waals surface area contributed by atoms with Crippen LogP contribution in [0.2, 0.25) is 19.1 Å². The highest BCUT2D eigenvalue weighted by molar-refractivity contribution is 6.77. The number of hydrogen-bond acceptors (Lipinski definition) is 2. The molecule has 0 rings (SSSR count). The molecular formula is C9H23NOSi. The summed E-state index contributed by atoms with van der Waals surface area (Å²) in [6, 6.07) is 1.17. The Hall–Kier alpha value is 0.137. The summed E-state index contributed by atoms with van der Waals surface area (Å²) in [5.74, 6) is 0. The van der Waals surface area contributed by atoms with E-state index in [1.165, 1.54) is 6.04 Å². The smallest absolute Gasteiger partial charge is 0.0773 e. The molecule has 0 aliphatic carbocycles. The first-order chi connectivity index (χ1) is 5.33. The summed E-state index contributed by atoms with van der Waals surface area (Å²) < 4.78 is 0. The Kier molecular flexibility index (Phi) is 4.44. The number of nitrogens with two attached hydrogens (primary N) is 1. The number of aliphatic hydroxyl groups is 1. The second-order valence-corrected chi connectivity index (χ2v) is 10.3. The van der Waals surface area contributed by atoms with Gasteiger partial charge in [-0.3, -0.25) is 0 Å². The van der Waals surface area contributed by atoms with Crippen LogP contribution in [-0.2, 0) is 0 Å². The molecule has 3 heteroatoms. The Morgan fingerprint density at radius 2 is 1.83 bits per heavy atom. The number of rotatable bonds is 5. The van der Waals surface area contributed by atoms with Gasteiger partial charge in [0.15, 0.2) is 0 Å². The van der Waals surface area contributed by atoms with E-state index in [2.05, 4.69) is 26.9 Å². The monoisotopic (exact) mass is 189 g/mol. The lowest BCUT2D eigenvalue weighted by Gasteiger charge is -2.27. The van der Waals surface area contributed by atoms with Crippen LogP contribution in [0, 0.1) is 5.41 Å². The fraction of sp³-hybridized carbons (Fsp3) is 1.00. The summed E-state index contributed by atoms with van der Waals surface area (Å²) in [7, 11) is -1.30. The van der Waals surface area contributed by atoms with Crippen molar-refractivity contribution >= 4 is 8.07 Å². The van der Waals surface area contributed by atoms with Crippen molar-refractivity contribution in [2.24, 2.45) is 11.1 Å². The van der Waals surface area contributed by atoms with Gasteiger partial charge in [-0.05, 0) is 18.4 Å². The highest BCUT2D eigenvalue weighted by atomic mass is 28.3. The lowest BCUT2D eigenvalue weighted by molar-refractivity contribution is 0.343. The zero-order chi connectivity index (χ0) is 9.83. The van der Waals surface area contributed by atoms with E-state index in [-0.39, 0.29) is 5.41 Å². The Balaban J connectivity index is 3.82. The first kappa shape index (κ1) is 12.1. The normalized spacial score (nSPS) is 13.5. The molecule has 12 heavy (non-hydrogen) atoms. The summed E-state index contributed by atoms with van der Waals surface area (Å²) in [5.41, 5.74) is 5.88. The second kappa shape index (κ2) is 4.39. The van der Waals surface area contributed by atoms with Crippen molar-refractivity contribution in [3.8, 4) is 0 Å². The molecule has 3 N–H and O–H groups in total. The van der Waals surface area contributed by atoms with Crippen LogP contribution in [-0.4, -0.2) is 26.0 Å². The Labute approximate surface area is 77.2 Å². The predicted octanol–water partition coefficient (Wildman–Crippen LogP) is 1.60. The maximum atomic E-state index is 9.09. The molecule has 0 saturated heterocycles. The van der Waals surface area contributed by atoms with Crippen LogP contribution >= 0.6 is 0 Å². The minimum atomic E-state index is -1.30. The third kappa shape index (κ3) is 4.90. The fourth-order valence-electron chi connectivity index (χ4n) is 0.858. The van der Waals surface area contributed by atoms with Crippen molar-refractivity contribution in [3.63, 3.8) is 0 Å². The van der Waals surface area contributed by atoms with Gasteiger partial charge in [-0.2, -0.15) is 0 Å². The molecule has 0 aromatic carbocycles. The Morgan fingerprint density at radius 1 is 1.33 bits per heavy atom. The van der Waals surface area contributed by atoms with Gasteiger partial charge in [-0.25, -0.2) is 0 Å². The average molecular weight is 189 g/mol. The number of aliphatic hydroxyl groups excluding tert-OH is 1. The zero-order valence-electron chi connectivity index (χ0n) is 8.85. The maximum Gasteiger partial charge on any atom is 0.0773 e. The van der Waals surface area contributed by atoms with Gasteiger partial charge in [0.2, 0.25) is 0 Å². The average Bonchev–Trinajstić information content (AvgIpc) is 2.02. The topological polar surface area (TPSA) is 46.2 Å². The van der Waals surface area contributed by atoms with Crippen LogP contribution in [0.1, 0.15) is 20.3 Å². The highest BCUT2D eigenvalue weighted by Gasteiger charge is 2.24. The largest absolute Gasteiger partial charge is 0.400 e. The molecule has 0 aromatic rings. The second-order valence-electron chi connectivity index (χ2n) is 5.19. The van der Waals surface area contributed by atoms with Crippen LogP contribution < -0.4 is 5.73 Å². The molecule has 0 fully saturated rings. The fourth-order valence-corrected chi connectivity index (χ4v) is 2.37. The third-order valence-corrected chi connectivity index (χ3v) is 4.92. The van der Waals surface area contributed by atoms with Gasteiger partial charge in [-0.15, -0.1) is 0 Å². The lowest BCUT2D eigenvalue weighted by Crippen LogP contribution is -2.34. The van der Waals surface area contributed by atoms with Gasteiger partial charge in [0, 0.05) is 6.23 Å². The molecule has 74 valence electrons. The van der Waals surface area contributed by atoms with Crippen molar-refractivity contribution in [2.75, 3.05) is 12.8 Å². The molecule has 0 atom stereocenters. The van der Waals surface area contributed by atoms with Crippen LogP contribution in [0.5, 0.6) is 0 Å². The summed E-state index contributed by atoms with van der Waals surface area (Å²) >= 11 is 0. The van der Waals surface area contributed by atoms with E-state index in [1.54, 1.807) is 0 Å². The van der Waals surface area contributed by atoms with E-state index < -0.39 is 8.07 Å². The Morgan fingerprint density at radius 3 is 2.17 bits per heavy atom. The molecule has 0 heterocycles. The number of hydrogen-bond donors (Lipinski definition) is 2.